The maximum absolute atomic E-state index is 9.08. The Labute approximate surface area is 103 Å². The van der Waals surface area contributed by atoms with Crippen molar-refractivity contribution in [3.8, 4) is 6.07 Å². The van der Waals surface area contributed by atoms with Gasteiger partial charge in [-0.2, -0.15) is 5.26 Å². The Morgan fingerprint density at radius 1 is 1.35 bits per heavy atom. The summed E-state index contributed by atoms with van der Waals surface area (Å²) in [6.07, 6.45) is 3.70. The van der Waals surface area contributed by atoms with Crippen molar-refractivity contribution in [2.45, 2.75) is 31.8 Å². The highest BCUT2D eigenvalue weighted by Gasteiger charge is 2.21. The van der Waals surface area contributed by atoms with Crippen molar-refractivity contribution in [1.29, 1.82) is 5.26 Å². The number of nitrogens with two attached hydrogens (primary N) is 1. The van der Waals surface area contributed by atoms with Crippen LogP contribution in [0.15, 0.2) is 24.3 Å². The lowest BCUT2D eigenvalue weighted by atomic mass is 10.00. The monoisotopic (exact) mass is 229 g/mol. The molecule has 0 radical (unpaired) electrons. The molecule has 0 spiro atoms. The van der Waals surface area contributed by atoms with E-state index in [-0.39, 0.29) is 0 Å². The Kier molecular flexibility index (Phi) is 4.13. The minimum atomic E-state index is 0.482. The van der Waals surface area contributed by atoms with E-state index in [2.05, 4.69) is 11.0 Å². The van der Waals surface area contributed by atoms with Gasteiger partial charge in [0.05, 0.1) is 11.6 Å². The molecule has 90 valence electrons. The zero-order valence-electron chi connectivity index (χ0n) is 10.1. The fourth-order valence-corrected chi connectivity index (χ4v) is 2.52. The fourth-order valence-electron chi connectivity index (χ4n) is 2.52. The van der Waals surface area contributed by atoms with Crippen molar-refractivity contribution in [2.75, 3.05) is 13.1 Å². The first kappa shape index (κ1) is 12.1. The summed E-state index contributed by atoms with van der Waals surface area (Å²) in [5, 5.41) is 9.08. The summed E-state index contributed by atoms with van der Waals surface area (Å²) in [6.45, 7) is 2.67. The summed E-state index contributed by atoms with van der Waals surface area (Å²) in [5.41, 5.74) is 7.72. The number of rotatable bonds is 3. The zero-order chi connectivity index (χ0) is 12.1. The highest BCUT2D eigenvalue weighted by molar-refractivity contribution is 5.37. The molecule has 2 rings (SSSR count). The average Bonchev–Trinajstić information content (AvgIpc) is 2.40. The molecule has 1 aliphatic rings. The van der Waals surface area contributed by atoms with Crippen molar-refractivity contribution in [3.05, 3.63) is 35.4 Å². The SMILES string of the molecule is N#Cc1ccccc1CN1CCCC[C@@H]1CN. The number of nitriles is 1. The summed E-state index contributed by atoms with van der Waals surface area (Å²) in [7, 11) is 0. The quantitative estimate of drug-likeness (QED) is 0.861. The van der Waals surface area contributed by atoms with Gasteiger partial charge in [-0.05, 0) is 31.0 Å². The first-order valence-electron chi connectivity index (χ1n) is 6.27. The number of hydrogen-bond donors (Lipinski definition) is 1. The summed E-state index contributed by atoms with van der Waals surface area (Å²) in [4.78, 5) is 2.42. The lowest BCUT2D eigenvalue weighted by Crippen LogP contribution is -2.43. The Morgan fingerprint density at radius 3 is 2.94 bits per heavy atom. The molecule has 0 aromatic heterocycles. The zero-order valence-corrected chi connectivity index (χ0v) is 10.1. The van der Waals surface area contributed by atoms with E-state index < -0.39 is 0 Å². The summed E-state index contributed by atoms with van der Waals surface area (Å²) in [6, 6.07) is 10.6. The maximum Gasteiger partial charge on any atom is 0.0995 e. The van der Waals surface area contributed by atoms with E-state index in [0.717, 1.165) is 24.2 Å². The molecule has 0 aliphatic carbocycles. The van der Waals surface area contributed by atoms with E-state index in [1.807, 2.05) is 24.3 Å². The fraction of sp³-hybridized carbons (Fsp3) is 0.500. The molecule has 2 N–H and O–H groups in total. The number of hydrogen-bond acceptors (Lipinski definition) is 3. The molecular weight excluding hydrogens is 210 g/mol. The van der Waals surface area contributed by atoms with Gasteiger partial charge in [0.1, 0.15) is 0 Å². The third kappa shape index (κ3) is 2.85. The van der Waals surface area contributed by atoms with Gasteiger partial charge in [0.2, 0.25) is 0 Å². The Balaban J connectivity index is 2.11. The molecule has 3 heteroatoms. The molecule has 0 bridgehead atoms. The van der Waals surface area contributed by atoms with Crippen LogP contribution in [0, 0.1) is 11.3 Å². The van der Waals surface area contributed by atoms with Crippen molar-refractivity contribution < 1.29 is 0 Å². The third-order valence-corrected chi connectivity index (χ3v) is 3.53. The van der Waals surface area contributed by atoms with Crippen LogP contribution in [0.4, 0.5) is 0 Å². The highest BCUT2D eigenvalue weighted by atomic mass is 15.2. The molecule has 1 atom stereocenters. The molecule has 1 fully saturated rings. The molecule has 1 aromatic carbocycles. The molecule has 1 saturated heterocycles. The molecule has 17 heavy (non-hydrogen) atoms. The Bertz CT molecular complexity index is 408. The smallest absolute Gasteiger partial charge is 0.0995 e. The minimum Gasteiger partial charge on any atom is -0.329 e. The molecular formula is C14H19N3. The van der Waals surface area contributed by atoms with E-state index in [0.29, 0.717) is 12.6 Å². The van der Waals surface area contributed by atoms with E-state index in [1.165, 1.54) is 19.3 Å². The van der Waals surface area contributed by atoms with Gasteiger partial charge in [0.15, 0.2) is 0 Å². The molecule has 0 saturated carbocycles. The van der Waals surface area contributed by atoms with Gasteiger partial charge >= 0.3 is 0 Å². The second-order valence-electron chi connectivity index (χ2n) is 4.62. The van der Waals surface area contributed by atoms with E-state index in [4.69, 9.17) is 11.0 Å². The van der Waals surface area contributed by atoms with Gasteiger partial charge in [0.25, 0.3) is 0 Å². The predicted octanol–water partition coefficient (Wildman–Crippen LogP) is 1.87. The predicted molar refractivity (Wildman–Crippen MR) is 68.3 cm³/mol. The second-order valence-corrected chi connectivity index (χ2v) is 4.62. The van der Waals surface area contributed by atoms with Crippen LogP contribution in [0.5, 0.6) is 0 Å². The molecule has 3 nitrogen and oxygen atoms in total. The van der Waals surface area contributed by atoms with Crippen molar-refractivity contribution in [3.63, 3.8) is 0 Å². The Morgan fingerprint density at radius 2 is 2.18 bits per heavy atom. The lowest BCUT2D eigenvalue weighted by molar-refractivity contribution is 0.145. The second kappa shape index (κ2) is 5.81. The largest absolute Gasteiger partial charge is 0.329 e. The van der Waals surface area contributed by atoms with Crippen LogP contribution in [-0.4, -0.2) is 24.0 Å². The van der Waals surface area contributed by atoms with E-state index in [1.54, 1.807) is 0 Å². The topological polar surface area (TPSA) is 53.0 Å². The molecule has 1 heterocycles. The van der Waals surface area contributed by atoms with Crippen LogP contribution in [-0.2, 0) is 6.54 Å². The highest BCUT2D eigenvalue weighted by Crippen LogP contribution is 2.20. The van der Waals surface area contributed by atoms with Gasteiger partial charge in [0, 0.05) is 19.1 Å². The van der Waals surface area contributed by atoms with Crippen molar-refractivity contribution in [1.82, 2.24) is 4.90 Å². The average molecular weight is 229 g/mol. The van der Waals surface area contributed by atoms with E-state index in [9.17, 15) is 0 Å². The van der Waals surface area contributed by atoms with Crippen LogP contribution in [0.2, 0.25) is 0 Å². The first-order valence-corrected chi connectivity index (χ1v) is 6.27. The summed E-state index contributed by atoms with van der Waals surface area (Å²) >= 11 is 0. The lowest BCUT2D eigenvalue weighted by Gasteiger charge is -2.35. The van der Waals surface area contributed by atoms with Crippen molar-refractivity contribution in [2.24, 2.45) is 5.73 Å². The van der Waals surface area contributed by atoms with Crippen LogP contribution in [0.25, 0.3) is 0 Å². The van der Waals surface area contributed by atoms with Crippen LogP contribution in [0.3, 0.4) is 0 Å². The van der Waals surface area contributed by atoms with Gasteiger partial charge in [-0.25, -0.2) is 0 Å². The Hall–Kier alpha value is -1.37. The number of piperidine rings is 1. The number of nitrogens with zero attached hydrogens (tertiary/aromatic N) is 2. The van der Waals surface area contributed by atoms with Gasteiger partial charge < -0.3 is 5.73 Å². The normalized spacial score (nSPS) is 21.1. The minimum absolute atomic E-state index is 0.482. The first-order chi connectivity index (χ1) is 8.35. The third-order valence-electron chi connectivity index (χ3n) is 3.53. The van der Waals surface area contributed by atoms with Gasteiger partial charge in [-0.15, -0.1) is 0 Å². The van der Waals surface area contributed by atoms with Crippen LogP contribution >= 0.6 is 0 Å². The van der Waals surface area contributed by atoms with Gasteiger partial charge in [-0.3, -0.25) is 4.90 Å². The molecule has 0 amide bonds. The number of benzene rings is 1. The maximum atomic E-state index is 9.08. The van der Waals surface area contributed by atoms with Gasteiger partial charge in [-0.1, -0.05) is 24.6 Å². The number of likely N-dealkylation sites (tertiary alicyclic amines) is 1. The summed E-state index contributed by atoms with van der Waals surface area (Å²) in [5.74, 6) is 0. The molecule has 1 aliphatic heterocycles. The molecule has 1 aromatic rings. The summed E-state index contributed by atoms with van der Waals surface area (Å²) < 4.78 is 0. The standard InChI is InChI=1S/C14H19N3/c15-9-12-5-1-2-6-13(12)11-17-8-4-3-7-14(17)10-16/h1-2,5-6,14H,3-4,7-8,10-11,16H2/t14-/m1/s1. The van der Waals surface area contributed by atoms with Crippen LogP contribution < -0.4 is 5.73 Å². The molecule has 0 unspecified atom stereocenters. The van der Waals surface area contributed by atoms with E-state index >= 15 is 0 Å². The van der Waals surface area contributed by atoms with Crippen LogP contribution in [0.1, 0.15) is 30.4 Å². The van der Waals surface area contributed by atoms with Crippen molar-refractivity contribution >= 4 is 0 Å².